The topological polar surface area (TPSA) is 102 Å². The third-order valence-electron chi connectivity index (χ3n) is 7.25. The minimum Gasteiger partial charge on any atom is -0.464 e. The summed E-state index contributed by atoms with van der Waals surface area (Å²) in [5.41, 5.74) is 6.23. The highest BCUT2D eigenvalue weighted by atomic mass is 19.3. The molecule has 0 unspecified atom stereocenters. The number of rotatable bonds is 6. The van der Waals surface area contributed by atoms with E-state index in [-0.39, 0.29) is 41.3 Å². The Kier molecular flexibility index (Phi) is 5.20. The zero-order valence-corrected chi connectivity index (χ0v) is 18.6. The van der Waals surface area contributed by atoms with Gasteiger partial charge < -0.3 is 20.7 Å². The molecule has 1 aliphatic heterocycles. The van der Waals surface area contributed by atoms with E-state index in [0.29, 0.717) is 24.1 Å². The number of fused-ring (bicyclic) bond motifs is 4. The van der Waals surface area contributed by atoms with Gasteiger partial charge in [-0.25, -0.2) is 4.79 Å². The fourth-order valence-electron chi connectivity index (χ4n) is 5.39. The van der Waals surface area contributed by atoms with Gasteiger partial charge in [0.1, 0.15) is 6.04 Å². The Hall–Kier alpha value is -3.33. The van der Waals surface area contributed by atoms with Gasteiger partial charge in [0.15, 0.2) is 0 Å². The molecule has 1 saturated heterocycles. The summed E-state index contributed by atoms with van der Waals surface area (Å²) in [5.74, 6) is -4.56. The van der Waals surface area contributed by atoms with Crippen molar-refractivity contribution in [2.75, 3.05) is 19.7 Å². The average molecular weight is 469 g/mol. The Bertz CT molecular complexity index is 1200. The van der Waals surface area contributed by atoms with Crippen LogP contribution in [0.5, 0.6) is 0 Å². The number of piperidine rings is 1. The first-order chi connectivity index (χ1) is 16.2. The predicted octanol–water partition coefficient (Wildman–Crippen LogP) is 2.42. The zero-order chi connectivity index (χ0) is 24.3. The summed E-state index contributed by atoms with van der Waals surface area (Å²) in [5, 5.41) is 2.57. The molecule has 0 radical (unpaired) electrons. The van der Waals surface area contributed by atoms with E-state index in [1.54, 1.807) is 25.1 Å². The summed E-state index contributed by atoms with van der Waals surface area (Å²) in [6.07, 6.45) is 1.17. The number of hydrogen-bond acceptors (Lipinski definition) is 5. The number of amides is 2. The number of halogens is 2. The van der Waals surface area contributed by atoms with Gasteiger partial charge in [0, 0.05) is 34.7 Å². The number of benzene rings is 2. The van der Waals surface area contributed by atoms with E-state index < -0.39 is 29.7 Å². The minimum atomic E-state index is -3.13. The summed E-state index contributed by atoms with van der Waals surface area (Å²) in [4.78, 5) is 39.7. The highest BCUT2D eigenvalue weighted by Gasteiger charge is 2.66. The van der Waals surface area contributed by atoms with E-state index in [4.69, 9.17) is 10.5 Å². The van der Waals surface area contributed by atoms with Crippen molar-refractivity contribution in [3.05, 3.63) is 59.2 Å². The quantitative estimate of drug-likeness (QED) is 0.633. The number of nitrogens with two attached hydrogens (primary N) is 1. The summed E-state index contributed by atoms with van der Waals surface area (Å²) in [6, 6.07) is 9.35. The number of carbonyl (C=O) groups excluding carboxylic acids is 3. The fourth-order valence-corrected chi connectivity index (χ4v) is 5.39. The molecule has 2 fully saturated rings. The summed E-state index contributed by atoms with van der Waals surface area (Å²) < 4.78 is 34.6. The molecule has 0 bridgehead atoms. The van der Waals surface area contributed by atoms with Crippen LogP contribution in [-0.2, 0) is 20.2 Å². The van der Waals surface area contributed by atoms with Gasteiger partial charge in [0.25, 0.3) is 11.8 Å². The van der Waals surface area contributed by atoms with Gasteiger partial charge in [-0.2, -0.15) is 8.78 Å². The van der Waals surface area contributed by atoms with Crippen molar-refractivity contribution < 1.29 is 27.9 Å². The van der Waals surface area contributed by atoms with Crippen LogP contribution in [0.1, 0.15) is 41.3 Å². The molecule has 3 aliphatic rings. The van der Waals surface area contributed by atoms with Crippen LogP contribution >= 0.6 is 0 Å². The number of likely N-dealkylation sites (tertiary alicyclic amines) is 1. The molecule has 7 nitrogen and oxygen atoms in total. The number of esters is 1. The van der Waals surface area contributed by atoms with Gasteiger partial charge in [-0.1, -0.05) is 30.3 Å². The Morgan fingerprint density at radius 3 is 2.59 bits per heavy atom. The van der Waals surface area contributed by atoms with Crippen molar-refractivity contribution in [2.45, 2.75) is 37.8 Å². The molecular weight excluding hydrogens is 444 g/mol. The molecule has 3 N–H and O–H groups in total. The largest absolute Gasteiger partial charge is 0.464 e. The van der Waals surface area contributed by atoms with Crippen LogP contribution in [0.25, 0.3) is 11.1 Å². The molecule has 0 aromatic heterocycles. The van der Waals surface area contributed by atoms with Crippen molar-refractivity contribution in [3.8, 4) is 11.1 Å². The Morgan fingerprint density at radius 2 is 1.85 bits per heavy atom. The molecule has 2 aromatic carbocycles. The van der Waals surface area contributed by atoms with Gasteiger partial charge >= 0.3 is 5.97 Å². The van der Waals surface area contributed by atoms with Gasteiger partial charge in [-0.15, -0.1) is 0 Å². The molecular formula is C25H25F2N3O4. The van der Waals surface area contributed by atoms with Gasteiger partial charge in [0.05, 0.1) is 13.2 Å². The van der Waals surface area contributed by atoms with Gasteiger partial charge in [-0.05, 0) is 43.0 Å². The Labute approximate surface area is 195 Å². The van der Waals surface area contributed by atoms with Crippen LogP contribution in [0.3, 0.4) is 0 Å². The Morgan fingerprint density at radius 1 is 1.12 bits per heavy atom. The van der Waals surface area contributed by atoms with Crippen LogP contribution in [0, 0.1) is 5.41 Å². The number of nitrogens with one attached hydrogen (secondary N) is 1. The van der Waals surface area contributed by atoms with E-state index >= 15 is 0 Å². The van der Waals surface area contributed by atoms with E-state index in [0.717, 1.165) is 6.42 Å². The normalized spacial score (nSPS) is 25.2. The van der Waals surface area contributed by atoms with Crippen molar-refractivity contribution in [1.82, 2.24) is 10.2 Å². The standard InChI is InChI=1S/C25H25F2N3O4/c1-2-34-23(33)19-10-24(13-28)11-20(24)30(19)21(31)12-29-22(32)14-7-8-18-16(9-14)15-5-3-4-6-17(15)25(18,26)27/h3-9,19-20H,2,10-13,28H2,1H3,(H,29,32)/t19-,20-,24+/m0/s1. The van der Waals surface area contributed by atoms with E-state index in [1.165, 1.54) is 29.2 Å². The van der Waals surface area contributed by atoms with Crippen molar-refractivity contribution in [2.24, 2.45) is 11.1 Å². The van der Waals surface area contributed by atoms with E-state index in [1.807, 2.05) is 0 Å². The summed E-state index contributed by atoms with van der Waals surface area (Å²) in [6.45, 7) is 1.94. The molecule has 5 rings (SSSR count). The summed E-state index contributed by atoms with van der Waals surface area (Å²) in [7, 11) is 0. The smallest absolute Gasteiger partial charge is 0.328 e. The van der Waals surface area contributed by atoms with Crippen molar-refractivity contribution in [1.29, 1.82) is 0 Å². The maximum absolute atomic E-state index is 14.7. The number of alkyl halides is 2. The molecule has 2 aliphatic carbocycles. The van der Waals surface area contributed by atoms with E-state index in [9.17, 15) is 23.2 Å². The summed E-state index contributed by atoms with van der Waals surface area (Å²) >= 11 is 0. The molecule has 2 amide bonds. The van der Waals surface area contributed by atoms with Gasteiger partial charge in [-0.3, -0.25) is 9.59 Å². The first-order valence-electron chi connectivity index (χ1n) is 11.3. The van der Waals surface area contributed by atoms with Gasteiger partial charge in [0.2, 0.25) is 5.91 Å². The van der Waals surface area contributed by atoms with Crippen molar-refractivity contribution >= 4 is 17.8 Å². The minimum absolute atomic E-state index is 0.0930. The average Bonchev–Trinajstić information content (AvgIpc) is 3.38. The highest BCUT2D eigenvalue weighted by Crippen LogP contribution is 2.59. The van der Waals surface area contributed by atoms with E-state index in [2.05, 4.69) is 5.32 Å². The molecule has 34 heavy (non-hydrogen) atoms. The Balaban J connectivity index is 1.31. The second kappa shape index (κ2) is 7.87. The number of hydrogen-bond donors (Lipinski definition) is 2. The zero-order valence-electron chi connectivity index (χ0n) is 18.6. The monoisotopic (exact) mass is 469 g/mol. The molecule has 1 saturated carbocycles. The lowest BCUT2D eigenvalue weighted by molar-refractivity contribution is -0.153. The molecule has 178 valence electrons. The van der Waals surface area contributed by atoms with Crippen LogP contribution in [0.2, 0.25) is 0 Å². The molecule has 2 aromatic rings. The lowest BCUT2D eigenvalue weighted by atomic mass is 10.00. The van der Waals surface area contributed by atoms with Crippen LogP contribution in [0.15, 0.2) is 42.5 Å². The van der Waals surface area contributed by atoms with Crippen LogP contribution in [0.4, 0.5) is 8.78 Å². The predicted molar refractivity (Wildman–Crippen MR) is 119 cm³/mol. The first-order valence-corrected chi connectivity index (χ1v) is 11.3. The van der Waals surface area contributed by atoms with Crippen LogP contribution in [-0.4, -0.2) is 54.5 Å². The second-order valence-corrected chi connectivity index (χ2v) is 9.12. The number of nitrogens with zero attached hydrogens (tertiary/aromatic N) is 1. The maximum Gasteiger partial charge on any atom is 0.328 e. The highest BCUT2D eigenvalue weighted by molar-refractivity contribution is 5.99. The number of carbonyl (C=O) groups is 3. The fraction of sp³-hybridized carbons (Fsp3) is 0.400. The lowest BCUT2D eigenvalue weighted by Gasteiger charge is -2.26. The van der Waals surface area contributed by atoms with Crippen LogP contribution < -0.4 is 11.1 Å². The molecule has 1 heterocycles. The third-order valence-corrected chi connectivity index (χ3v) is 7.25. The molecule has 3 atom stereocenters. The lowest BCUT2D eigenvalue weighted by Crippen LogP contribution is -2.48. The maximum atomic E-state index is 14.7. The third kappa shape index (κ3) is 3.29. The first kappa shape index (κ1) is 22.5. The number of ether oxygens (including phenoxy) is 1. The SMILES string of the molecule is CCOC(=O)[C@@H]1C[C@]2(CN)C[C@@H]2N1C(=O)CNC(=O)c1ccc2c(c1)-c1ccccc1C2(F)F. The molecule has 9 heteroatoms. The molecule has 0 spiro atoms. The van der Waals surface area contributed by atoms with Crippen molar-refractivity contribution in [3.63, 3.8) is 0 Å². The second-order valence-electron chi connectivity index (χ2n) is 9.12.